The number of benzene rings is 1. The summed E-state index contributed by atoms with van der Waals surface area (Å²) in [5.74, 6) is 0.380. The van der Waals surface area contributed by atoms with E-state index in [4.69, 9.17) is 4.74 Å². The Morgan fingerprint density at radius 2 is 2.05 bits per heavy atom. The second-order valence-electron chi connectivity index (χ2n) is 6.18. The van der Waals surface area contributed by atoms with E-state index < -0.39 is 0 Å². The summed E-state index contributed by atoms with van der Waals surface area (Å²) in [6.07, 6.45) is 3.20. The van der Waals surface area contributed by atoms with Crippen molar-refractivity contribution in [3.8, 4) is 0 Å². The van der Waals surface area contributed by atoms with Gasteiger partial charge in [-0.25, -0.2) is 0 Å². The van der Waals surface area contributed by atoms with E-state index in [9.17, 15) is 4.79 Å². The maximum atomic E-state index is 12.6. The van der Waals surface area contributed by atoms with Gasteiger partial charge >= 0.3 is 0 Å². The molecule has 1 aliphatic carbocycles. The molecule has 1 unspecified atom stereocenters. The molecule has 0 radical (unpaired) electrons. The van der Waals surface area contributed by atoms with Gasteiger partial charge in [0.05, 0.1) is 12.5 Å². The van der Waals surface area contributed by atoms with Gasteiger partial charge in [0.25, 0.3) is 0 Å². The first-order valence-corrected chi connectivity index (χ1v) is 7.59. The number of carbonyl (C=O) groups excluding carboxylic acids is 1. The van der Waals surface area contributed by atoms with Crippen molar-refractivity contribution < 1.29 is 9.53 Å². The minimum Gasteiger partial charge on any atom is -0.381 e. The summed E-state index contributed by atoms with van der Waals surface area (Å²) in [5.41, 5.74) is 3.85. The molecule has 0 spiro atoms. The number of aryl methyl sites for hydroxylation is 2. The highest BCUT2D eigenvalue weighted by molar-refractivity contribution is 5.80. The number of carbonyl (C=O) groups is 1. The van der Waals surface area contributed by atoms with Crippen molar-refractivity contribution in [1.82, 2.24) is 4.90 Å². The Bertz CT molecular complexity index is 502. The molecule has 0 aromatic heterocycles. The SMILES string of the molecule is Cc1ccc(CN(C(=O)C2CCOC2)C2CC2)cc1C. The van der Waals surface area contributed by atoms with Gasteiger partial charge in [0.2, 0.25) is 5.91 Å². The monoisotopic (exact) mass is 273 g/mol. The van der Waals surface area contributed by atoms with E-state index in [1.54, 1.807) is 0 Å². The van der Waals surface area contributed by atoms with Crippen LogP contribution in [-0.2, 0) is 16.1 Å². The molecule has 20 heavy (non-hydrogen) atoms. The van der Waals surface area contributed by atoms with Gasteiger partial charge < -0.3 is 9.64 Å². The Labute approximate surface area is 120 Å². The Balaban J connectivity index is 1.73. The highest BCUT2D eigenvalue weighted by Gasteiger charge is 2.36. The lowest BCUT2D eigenvalue weighted by Gasteiger charge is -2.25. The fraction of sp³-hybridized carbons (Fsp3) is 0.588. The first-order chi connectivity index (χ1) is 9.65. The summed E-state index contributed by atoms with van der Waals surface area (Å²) < 4.78 is 5.37. The summed E-state index contributed by atoms with van der Waals surface area (Å²) >= 11 is 0. The van der Waals surface area contributed by atoms with Crippen molar-refractivity contribution in [2.75, 3.05) is 13.2 Å². The molecule has 3 heteroatoms. The van der Waals surface area contributed by atoms with Crippen LogP contribution < -0.4 is 0 Å². The average Bonchev–Trinajstić information content (AvgIpc) is 3.13. The lowest BCUT2D eigenvalue weighted by molar-refractivity contribution is -0.136. The van der Waals surface area contributed by atoms with Gasteiger partial charge in [-0.1, -0.05) is 18.2 Å². The number of hydrogen-bond acceptors (Lipinski definition) is 2. The standard InChI is InChI=1S/C17H23NO2/c1-12-3-4-14(9-13(12)2)10-18(16-5-6-16)17(19)15-7-8-20-11-15/h3-4,9,15-16H,5-8,10-11H2,1-2H3. The lowest BCUT2D eigenvalue weighted by Crippen LogP contribution is -2.37. The van der Waals surface area contributed by atoms with E-state index in [-0.39, 0.29) is 5.92 Å². The van der Waals surface area contributed by atoms with Crippen molar-refractivity contribution in [3.63, 3.8) is 0 Å². The van der Waals surface area contributed by atoms with Gasteiger partial charge in [0.1, 0.15) is 0 Å². The molecule has 2 fully saturated rings. The normalized spacial score (nSPS) is 22.0. The van der Waals surface area contributed by atoms with Crippen LogP contribution in [0.2, 0.25) is 0 Å². The minimum atomic E-state index is 0.0853. The van der Waals surface area contributed by atoms with Crippen molar-refractivity contribution in [1.29, 1.82) is 0 Å². The van der Waals surface area contributed by atoms with Gasteiger partial charge in [-0.15, -0.1) is 0 Å². The van der Waals surface area contributed by atoms with Crippen LogP contribution in [0.25, 0.3) is 0 Å². The quantitative estimate of drug-likeness (QED) is 0.844. The Morgan fingerprint density at radius 1 is 1.25 bits per heavy atom. The average molecular weight is 273 g/mol. The molecular formula is C17H23NO2. The number of amides is 1. The molecule has 1 aliphatic heterocycles. The van der Waals surface area contributed by atoms with Crippen LogP contribution in [0.1, 0.15) is 36.0 Å². The largest absolute Gasteiger partial charge is 0.381 e. The van der Waals surface area contributed by atoms with Crippen LogP contribution in [0.3, 0.4) is 0 Å². The molecule has 1 amide bonds. The molecule has 1 saturated heterocycles. The van der Waals surface area contributed by atoms with Crippen LogP contribution >= 0.6 is 0 Å². The maximum Gasteiger partial charge on any atom is 0.228 e. The first kappa shape index (κ1) is 13.6. The predicted molar refractivity (Wildman–Crippen MR) is 78.4 cm³/mol. The van der Waals surface area contributed by atoms with Crippen molar-refractivity contribution in [2.24, 2.45) is 5.92 Å². The van der Waals surface area contributed by atoms with Gasteiger partial charge in [0, 0.05) is 19.2 Å². The predicted octanol–water partition coefficient (Wildman–Crippen LogP) is 2.83. The fourth-order valence-corrected chi connectivity index (χ4v) is 2.84. The third-order valence-electron chi connectivity index (χ3n) is 4.47. The van der Waals surface area contributed by atoms with E-state index in [0.717, 1.165) is 32.4 Å². The molecule has 2 aliphatic rings. The molecule has 108 valence electrons. The third-order valence-corrected chi connectivity index (χ3v) is 4.47. The lowest BCUT2D eigenvalue weighted by atomic mass is 10.0. The molecule has 1 atom stereocenters. The molecule has 1 aromatic carbocycles. The topological polar surface area (TPSA) is 29.5 Å². The molecule has 1 saturated carbocycles. The van der Waals surface area contributed by atoms with Crippen molar-refractivity contribution in [3.05, 3.63) is 34.9 Å². The summed E-state index contributed by atoms with van der Waals surface area (Å²) in [4.78, 5) is 14.7. The second kappa shape index (κ2) is 5.57. The number of rotatable bonds is 4. The highest BCUT2D eigenvalue weighted by atomic mass is 16.5. The van der Waals surface area contributed by atoms with Crippen molar-refractivity contribution >= 4 is 5.91 Å². The first-order valence-electron chi connectivity index (χ1n) is 7.59. The van der Waals surface area contributed by atoms with E-state index in [2.05, 4.69) is 36.9 Å². The fourth-order valence-electron chi connectivity index (χ4n) is 2.84. The second-order valence-corrected chi connectivity index (χ2v) is 6.18. The Hall–Kier alpha value is -1.35. The van der Waals surface area contributed by atoms with Crippen molar-refractivity contribution in [2.45, 2.75) is 45.7 Å². The Morgan fingerprint density at radius 3 is 2.65 bits per heavy atom. The van der Waals surface area contributed by atoms with E-state index in [0.29, 0.717) is 18.6 Å². The van der Waals surface area contributed by atoms with E-state index >= 15 is 0 Å². The van der Waals surface area contributed by atoms with Crippen LogP contribution in [0, 0.1) is 19.8 Å². The summed E-state index contributed by atoms with van der Waals surface area (Å²) in [6.45, 7) is 6.35. The van der Waals surface area contributed by atoms with Gasteiger partial charge in [-0.05, 0) is 49.8 Å². The summed E-state index contributed by atoms with van der Waals surface area (Å²) in [5, 5.41) is 0. The number of nitrogens with zero attached hydrogens (tertiary/aromatic N) is 1. The van der Waals surface area contributed by atoms with E-state index in [1.807, 2.05) is 0 Å². The van der Waals surface area contributed by atoms with Gasteiger partial charge in [-0.2, -0.15) is 0 Å². The Kier molecular flexibility index (Phi) is 3.79. The molecule has 3 nitrogen and oxygen atoms in total. The third kappa shape index (κ3) is 2.88. The zero-order chi connectivity index (χ0) is 14.1. The molecular weight excluding hydrogens is 250 g/mol. The van der Waals surface area contributed by atoms with Crippen LogP contribution in [0.15, 0.2) is 18.2 Å². The van der Waals surface area contributed by atoms with Crippen LogP contribution in [-0.4, -0.2) is 30.1 Å². The zero-order valence-corrected chi connectivity index (χ0v) is 12.4. The summed E-state index contributed by atoms with van der Waals surface area (Å²) in [7, 11) is 0. The smallest absolute Gasteiger partial charge is 0.228 e. The molecule has 1 heterocycles. The van der Waals surface area contributed by atoms with Crippen LogP contribution in [0.5, 0.6) is 0 Å². The van der Waals surface area contributed by atoms with Crippen LogP contribution in [0.4, 0.5) is 0 Å². The van der Waals surface area contributed by atoms with E-state index in [1.165, 1.54) is 16.7 Å². The number of ether oxygens (including phenoxy) is 1. The number of hydrogen-bond donors (Lipinski definition) is 0. The molecule has 3 rings (SSSR count). The highest BCUT2D eigenvalue weighted by Crippen LogP contribution is 2.31. The minimum absolute atomic E-state index is 0.0853. The van der Waals surface area contributed by atoms with Gasteiger partial charge in [0.15, 0.2) is 0 Å². The van der Waals surface area contributed by atoms with Gasteiger partial charge in [-0.3, -0.25) is 4.79 Å². The molecule has 0 bridgehead atoms. The maximum absolute atomic E-state index is 12.6. The zero-order valence-electron chi connectivity index (χ0n) is 12.4. The molecule has 1 aromatic rings. The molecule has 0 N–H and O–H groups in total. The summed E-state index contributed by atoms with van der Waals surface area (Å²) in [6, 6.07) is 6.97.